The quantitative estimate of drug-likeness (QED) is 0.603. The molecule has 160 valence electrons. The van der Waals surface area contributed by atoms with Gasteiger partial charge >= 0.3 is 6.03 Å². The maximum atomic E-state index is 12.8. The SMILES string of the molecule is COCCNC(=O)c1cc(NC(=O)Nc2ccccc2C)ccc1N1CCCCC1. The summed E-state index contributed by atoms with van der Waals surface area (Å²) in [7, 11) is 1.60. The fourth-order valence-electron chi connectivity index (χ4n) is 3.57. The third kappa shape index (κ3) is 5.73. The Morgan fingerprint density at radius 2 is 1.80 bits per heavy atom. The van der Waals surface area contributed by atoms with Gasteiger partial charge in [-0.05, 0) is 56.0 Å². The predicted molar refractivity (Wildman–Crippen MR) is 121 cm³/mol. The number of para-hydroxylation sites is 1. The molecular weight excluding hydrogens is 380 g/mol. The summed E-state index contributed by atoms with van der Waals surface area (Å²) < 4.78 is 5.03. The van der Waals surface area contributed by atoms with Crippen molar-refractivity contribution in [1.82, 2.24) is 5.32 Å². The average Bonchev–Trinajstić information content (AvgIpc) is 2.76. The number of hydrogen-bond acceptors (Lipinski definition) is 4. The van der Waals surface area contributed by atoms with Crippen LogP contribution in [-0.4, -0.2) is 45.3 Å². The largest absolute Gasteiger partial charge is 0.383 e. The van der Waals surface area contributed by atoms with Crippen molar-refractivity contribution in [2.75, 3.05) is 48.9 Å². The molecule has 2 aromatic rings. The third-order valence-electron chi connectivity index (χ3n) is 5.18. The number of piperidine rings is 1. The van der Waals surface area contributed by atoms with Gasteiger partial charge in [0.05, 0.1) is 12.2 Å². The highest BCUT2D eigenvalue weighted by atomic mass is 16.5. The lowest BCUT2D eigenvalue weighted by Crippen LogP contribution is -2.33. The number of aryl methyl sites for hydroxylation is 1. The highest BCUT2D eigenvalue weighted by Gasteiger charge is 2.19. The van der Waals surface area contributed by atoms with Crippen molar-refractivity contribution < 1.29 is 14.3 Å². The summed E-state index contributed by atoms with van der Waals surface area (Å²) in [5.74, 6) is -0.171. The lowest BCUT2D eigenvalue weighted by molar-refractivity contribution is 0.0937. The zero-order valence-corrected chi connectivity index (χ0v) is 17.7. The van der Waals surface area contributed by atoms with Gasteiger partial charge in [-0.2, -0.15) is 0 Å². The Labute approximate surface area is 177 Å². The van der Waals surface area contributed by atoms with Gasteiger partial charge in [-0.1, -0.05) is 18.2 Å². The lowest BCUT2D eigenvalue weighted by Gasteiger charge is -2.30. The maximum absolute atomic E-state index is 12.8. The molecule has 7 heteroatoms. The van der Waals surface area contributed by atoms with Gasteiger partial charge < -0.3 is 25.6 Å². The van der Waals surface area contributed by atoms with Crippen molar-refractivity contribution >= 4 is 29.0 Å². The van der Waals surface area contributed by atoms with Crippen LogP contribution in [0.1, 0.15) is 35.2 Å². The average molecular weight is 411 g/mol. The van der Waals surface area contributed by atoms with Crippen LogP contribution in [-0.2, 0) is 4.74 Å². The Bertz CT molecular complexity index is 879. The highest BCUT2D eigenvalue weighted by Crippen LogP contribution is 2.27. The fraction of sp³-hybridized carbons (Fsp3) is 0.391. The van der Waals surface area contributed by atoms with E-state index in [1.165, 1.54) is 6.42 Å². The van der Waals surface area contributed by atoms with Crippen LogP contribution in [0.2, 0.25) is 0 Å². The Balaban J connectivity index is 1.77. The molecule has 0 spiro atoms. The zero-order valence-electron chi connectivity index (χ0n) is 17.7. The summed E-state index contributed by atoms with van der Waals surface area (Å²) in [4.78, 5) is 27.5. The van der Waals surface area contributed by atoms with Crippen LogP contribution in [0.25, 0.3) is 0 Å². The lowest BCUT2D eigenvalue weighted by atomic mass is 10.1. The van der Waals surface area contributed by atoms with Gasteiger partial charge in [0.15, 0.2) is 0 Å². The molecule has 0 aliphatic carbocycles. The van der Waals surface area contributed by atoms with Crippen LogP contribution in [0.3, 0.4) is 0 Å². The van der Waals surface area contributed by atoms with Crippen LogP contribution in [0, 0.1) is 6.92 Å². The number of methoxy groups -OCH3 is 1. The van der Waals surface area contributed by atoms with E-state index < -0.39 is 0 Å². The van der Waals surface area contributed by atoms with Crippen molar-refractivity contribution in [1.29, 1.82) is 0 Å². The molecule has 3 amide bonds. The van der Waals surface area contributed by atoms with E-state index in [9.17, 15) is 9.59 Å². The Kier molecular flexibility index (Phi) is 7.68. The van der Waals surface area contributed by atoms with E-state index in [1.807, 2.05) is 43.3 Å². The first-order valence-corrected chi connectivity index (χ1v) is 10.4. The first-order valence-electron chi connectivity index (χ1n) is 10.4. The smallest absolute Gasteiger partial charge is 0.323 e. The summed E-state index contributed by atoms with van der Waals surface area (Å²) in [6, 6.07) is 12.7. The van der Waals surface area contributed by atoms with Crippen molar-refractivity contribution in [2.45, 2.75) is 26.2 Å². The van der Waals surface area contributed by atoms with Gasteiger partial charge in [-0.15, -0.1) is 0 Å². The van der Waals surface area contributed by atoms with Gasteiger partial charge in [0.1, 0.15) is 0 Å². The monoisotopic (exact) mass is 410 g/mol. The molecule has 0 radical (unpaired) electrons. The van der Waals surface area contributed by atoms with Gasteiger partial charge in [0.25, 0.3) is 5.91 Å². The standard InChI is InChI=1S/C23H30N4O3/c1-17-8-4-5-9-20(17)26-23(29)25-18-10-11-21(27-13-6-3-7-14-27)19(16-18)22(28)24-12-15-30-2/h4-5,8-11,16H,3,6-7,12-15H2,1-2H3,(H,24,28)(H2,25,26,29). The summed E-state index contributed by atoms with van der Waals surface area (Å²) >= 11 is 0. The number of amides is 3. The van der Waals surface area contributed by atoms with E-state index in [0.29, 0.717) is 24.4 Å². The minimum absolute atomic E-state index is 0.171. The number of carbonyl (C=O) groups is 2. The first-order chi connectivity index (χ1) is 14.6. The number of rotatable bonds is 7. The number of nitrogens with zero attached hydrogens (tertiary/aromatic N) is 1. The van der Waals surface area contributed by atoms with E-state index in [2.05, 4.69) is 20.9 Å². The molecule has 0 atom stereocenters. The predicted octanol–water partition coefficient (Wildman–Crippen LogP) is 4.01. The maximum Gasteiger partial charge on any atom is 0.323 e. The normalized spacial score (nSPS) is 13.6. The van der Waals surface area contributed by atoms with Crippen molar-refractivity contribution in [2.24, 2.45) is 0 Å². The van der Waals surface area contributed by atoms with Gasteiger partial charge in [-0.25, -0.2) is 4.79 Å². The Morgan fingerprint density at radius 3 is 2.53 bits per heavy atom. The van der Waals surface area contributed by atoms with E-state index in [4.69, 9.17) is 4.74 Å². The number of anilines is 3. The topological polar surface area (TPSA) is 82.7 Å². The molecule has 0 aromatic heterocycles. The second kappa shape index (κ2) is 10.6. The second-order valence-electron chi connectivity index (χ2n) is 7.42. The molecule has 7 nitrogen and oxygen atoms in total. The Morgan fingerprint density at radius 1 is 1.03 bits per heavy atom. The number of ether oxygens (including phenoxy) is 1. The first kappa shape index (κ1) is 21.6. The van der Waals surface area contributed by atoms with Gasteiger partial charge in [0, 0.05) is 43.8 Å². The minimum Gasteiger partial charge on any atom is -0.383 e. The molecule has 0 bridgehead atoms. The summed E-state index contributed by atoms with van der Waals surface area (Å²) in [6.07, 6.45) is 3.44. The number of nitrogens with one attached hydrogen (secondary N) is 3. The summed E-state index contributed by atoms with van der Waals surface area (Å²) in [6.45, 7) is 4.67. The van der Waals surface area contributed by atoms with Crippen molar-refractivity contribution in [3.05, 3.63) is 53.6 Å². The molecule has 1 saturated heterocycles. The van der Waals surface area contributed by atoms with Crippen molar-refractivity contribution in [3.63, 3.8) is 0 Å². The molecular formula is C23H30N4O3. The third-order valence-corrected chi connectivity index (χ3v) is 5.18. The molecule has 30 heavy (non-hydrogen) atoms. The number of hydrogen-bond donors (Lipinski definition) is 3. The van der Waals surface area contributed by atoms with Crippen LogP contribution in [0.4, 0.5) is 21.9 Å². The van der Waals surface area contributed by atoms with E-state index >= 15 is 0 Å². The number of carbonyl (C=O) groups excluding carboxylic acids is 2. The molecule has 3 N–H and O–H groups in total. The molecule has 2 aromatic carbocycles. The molecule has 1 aliphatic rings. The molecule has 0 saturated carbocycles. The second-order valence-corrected chi connectivity index (χ2v) is 7.42. The fourth-order valence-corrected chi connectivity index (χ4v) is 3.57. The van der Waals surface area contributed by atoms with Gasteiger partial charge in [0.2, 0.25) is 0 Å². The van der Waals surface area contributed by atoms with E-state index in [1.54, 1.807) is 13.2 Å². The van der Waals surface area contributed by atoms with Crippen LogP contribution in [0.5, 0.6) is 0 Å². The molecule has 1 fully saturated rings. The van der Waals surface area contributed by atoms with Crippen LogP contribution < -0.4 is 20.9 Å². The van der Waals surface area contributed by atoms with Gasteiger partial charge in [-0.3, -0.25) is 4.79 Å². The van der Waals surface area contributed by atoms with Crippen molar-refractivity contribution in [3.8, 4) is 0 Å². The molecule has 0 unspecified atom stereocenters. The van der Waals surface area contributed by atoms with Crippen LogP contribution in [0.15, 0.2) is 42.5 Å². The number of urea groups is 1. The van der Waals surface area contributed by atoms with E-state index in [-0.39, 0.29) is 11.9 Å². The molecule has 1 heterocycles. The molecule has 1 aliphatic heterocycles. The molecule has 3 rings (SSSR count). The zero-order chi connectivity index (χ0) is 21.3. The van der Waals surface area contributed by atoms with E-state index in [0.717, 1.165) is 42.9 Å². The summed E-state index contributed by atoms with van der Waals surface area (Å²) in [5, 5.41) is 8.58. The Hall–Kier alpha value is -3.06. The minimum atomic E-state index is -0.347. The highest BCUT2D eigenvalue weighted by molar-refractivity contribution is 6.04. The van der Waals surface area contributed by atoms with Crippen LogP contribution >= 0.6 is 0 Å². The summed E-state index contributed by atoms with van der Waals surface area (Å²) in [5.41, 5.74) is 3.75. The number of benzene rings is 2.